The third kappa shape index (κ3) is 3.07. The Kier molecular flexibility index (Phi) is 4.32. The lowest BCUT2D eigenvalue weighted by atomic mass is 10.3. The highest BCUT2D eigenvalue weighted by atomic mass is 35.5. The van der Waals surface area contributed by atoms with Crippen LogP contribution >= 0.6 is 23.2 Å². The fourth-order valence-corrected chi connectivity index (χ4v) is 2.08. The Morgan fingerprint density at radius 3 is 2.78 bits per heavy atom. The summed E-state index contributed by atoms with van der Waals surface area (Å²) < 4.78 is 0. The summed E-state index contributed by atoms with van der Waals surface area (Å²) in [5, 5.41) is 12.4. The Hall–Kier alpha value is -0.970. The number of rotatable bonds is 4. The molecular formula is C12H14Cl2N2O2. The highest BCUT2D eigenvalue weighted by Crippen LogP contribution is 2.31. The van der Waals surface area contributed by atoms with Crippen molar-refractivity contribution in [3.05, 3.63) is 28.2 Å². The lowest BCUT2D eigenvalue weighted by molar-refractivity contribution is 0.185. The van der Waals surface area contributed by atoms with Gasteiger partial charge in [-0.1, -0.05) is 29.3 Å². The zero-order chi connectivity index (χ0) is 13.1. The second-order valence-corrected chi connectivity index (χ2v) is 4.96. The minimum absolute atomic E-state index is 0.0484. The number of nitrogens with one attached hydrogen (secondary N) is 1. The number of anilines is 1. The summed E-state index contributed by atoms with van der Waals surface area (Å²) in [6.45, 7) is 0.280. The van der Waals surface area contributed by atoms with Crippen molar-refractivity contribution in [3.8, 4) is 0 Å². The molecule has 2 N–H and O–H groups in total. The monoisotopic (exact) mass is 288 g/mol. The number of benzene rings is 1. The number of hydrogen-bond acceptors (Lipinski definition) is 2. The summed E-state index contributed by atoms with van der Waals surface area (Å²) in [6, 6.07) is 5.05. The van der Waals surface area contributed by atoms with Gasteiger partial charge < -0.3 is 15.3 Å². The van der Waals surface area contributed by atoms with E-state index in [1.165, 1.54) is 0 Å². The highest BCUT2D eigenvalue weighted by Gasteiger charge is 2.32. The van der Waals surface area contributed by atoms with E-state index in [-0.39, 0.29) is 18.7 Å². The van der Waals surface area contributed by atoms with Crippen molar-refractivity contribution in [2.45, 2.75) is 18.9 Å². The van der Waals surface area contributed by atoms with Crippen LogP contribution in [0.4, 0.5) is 10.5 Å². The first-order chi connectivity index (χ1) is 8.63. The molecule has 0 spiro atoms. The molecular weight excluding hydrogens is 275 g/mol. The van der Waals surface area contributed by atoms with Crippen LogP contribution in [0.1, 0.15) is 12.8 Å². The lowest BCUT2D eigenvalue weighted by Gasteiger charge is -2.22. The van der Waals surface area contributed by atoms with Gasteiger partial charge in [-0.15, -0.1) is 0 Å². The van der Waals surface area contributed by atoms with E-state index >= 15 is 0 Å². The van der Waals surface area contributed by atoms with Crippen LogP contribution in [0.2, 0.25) is 10.0 Å². The number of aliphatic hydroxyl groups is 1. The van der Waals surface area contributed by atoms with Crippen molar-refractivity contribution >= 4 is 34.9 Å². The molecule has 0 aliphatic heterocycles. The van der Waals surface area contributed by atoms with Gasteiger partial charge in [0.25, 0.3) is 0 Å². The maximum atomic E-state index is 12.0. The molecule has 6 heteroatoms. The molecule has 1 aromatic carbocycles. The van der Waals surface area contributed by atoms with Gasteiger partial charge in [-0.2, -0.15) is 0 Å². The number of aliphatic hydroxyl groups excluding tert-OH is 1. The van der Waals surface area contributed by atoms with Crippen molar-refractivity contribution in [1.29, 1.82) is 0 Å². The predicted octanol–water partition coefficient (Wildman–Crippen LogP) is 2.98. The quantitative estimate of drug-likeness (QED) is 0.895. The van der Waals surface area contributed by atoms with Crippen LogP contribution in [0.3, 0.4) is 0 Å². The molecule has 2 rings (SSSR count). The van der Waals surface area contributed by atoms with E-state index in [9.17, 15) is 4.79 Å². The van der Waals surface area contributed by atoms with Crippen LogP contribution in [0.15, 0.2) is 18.2 Å². The third-order valence-corrected chi connectivity index (χ3v) is 3.60. The maximum absolute atomic E-state index is 12.0. The molecule has 0 heterocycles. The Morgan fingerprint density at radius 2 is 2.17 bits per heavy atom. The Labute approximate surface area is 115 Å². The zero-order valence-corrected chi connectivity index (χ0v) is 11.2. The molecule has 1 aliphatic rings. The van der Waals surface area contributed by atoms with Crippen LogP contribution in [-0.4, -0.2) is 35.2 Å². The molecule has 98 valence electrons. The molecule has 2 amide bonds. The number of carbonyl (C=O) groups is 1. The number of carbonyl (C=O) groups excluding carboxylic acids is 1. The average Bonchev–Trinajstić information content (AvgIpc) is 3.16. The number of hydrogen-bond donors (Lipinski definition) is 2. The van der Waals surface area contributed by atoms with Gasteiger partial charge in [0.05, 0.1) is 22.3 Å². The Morgan fingerprint density at radius 1 is 1.44 bits per heavy atom. The van der Waals surface area contributed by atoms with E-state index < -0.39 is 0 Å². The van der Waals surface area contributed by atoms with Crippen LogP contribution in [0.25, 0.3) is 0 Å². The van der Waals surface area contributed by atoms with Crippen molar-refractivity contribution < 1.29 is 9.90 Å². The van der Waals surface area contributed by atoms with E-state index in [0.29, 0.717) is 22.3 Å². The van der Waals surface area contributed by atoms with Crippen molar-refractivity contribution in [3.63, 3.8) is 0 Å². The third-order valence-electron chi connectivity index (χ3n) is 2.78. The largest absolute Gasteiger partial charge is 0.395 e. The van der Waals surface area contributed by atoms with Crippen LogP contribution in [0.5, 0.6) is 0 Å². The van der Waals surface area contributed by atoms with E-state index in [1.807, 2.05) is 0 Å². The summed E-state index contributed by atoms with van der Waals surface area (Å²) in [4.78, 5) is 13.7. The van der Waals surface area contributed by atoms with E-state index in [1.54, 1.807) is 23.1 Å². The molecule has 1 aliphatic carbocycles. The maximum Gasteiger partial charge on any atom is 0.322 e. The van der Waals surface area contributed by atoms with Gasteiger partial charge in [0.1, 0.15) is 0 Å². The van der Waals surface area contributed by atoms with Gasteiger partial charge in [-0.25, -0.2) is 4.79 Å². The summed E-state index contributed by atoms with van der Waals surface area (Å²) in [5.74, 6) is 0. The number of nitrogens with zero attached hydrogens (tertiary/aromatic N) is 1. The molecule has 1 fully saturated rings. The highest BCUT2D eigenvalue weighted by molar-refractivity contribution is 6.43. The summed E-state index contributed by atoms with van der Waals surface area (Å²) >= 11 is 11.9. The fourth-order valence-electron chi connectivity index (χ4n) is 1.73. The molecule has 4 nitrogen and oxygen atoms in total. The Bertz CT molecular complexity index is 450. The molecule has 0 saturated heterocycles. The minimum Gasteiger partial charge on any atom is -0.395 e. The van der Waals surface area contributed by atoms with Crippen LogP contribution < -0.4 is 5.32 Å². The number of urea groups is 1. The average molecular weight is 289 g/mol. The van der Waals surface area contributed by atoms with E-state index in [4.69, 9.17) is 28.3 Å². The summed E-state index contributed by atoms with van der Waals surface area (Å²) in [6.07, 6.45) is 1.97. The molecule has 0 bridgehead atoms. The smallest absolute Gasteiger partial charge is 0.322 e. The normalized spacial score (nSPS) is 14.4. The van der Waals surface area contributed by atoms with Gasteiger partial charge >= 0.3 is 6.03 Å². The van der Waals surface area contributed by atoms with E-state index in [0.717, 1.165) is 12.8 Å². The van der Waals surface area contributed by atoms with Crippen molar-refractivity contribution in [2.24, 2.45) is 0 Å². The number of amides is 2. The van der Waals surface area contributed by atoms with Gasteiger partial charge in [-0.3, -0.25) is 0 Å². The fraction of sp³-hybridized carbons (Fsp3) is 0.417. The van der Waals surface area contributed by atoms with Crippen LogP contribution in [0, 0.1) is 0 Å². The SMILES string of the molecule is O=C(Nc1cccc(Cl)c1Cl)N(CCO)C1CC1. The first kappa shape index (κ1) is 13.5. The summed E-state index contributed by atoms with van der Waals surface area (Å²) in [5.41, 5.74) is 0.484. The van der Waals surface area contributed by atoms with Crippen molar-refractivity contribution in [2.75, 3.05) is 18.5 Å². The van der Waals surface area contributed by atoms with Gasteiger partial charge in [0.15, 0.2) is 0 Å². The molecule has 0 radical (unpaired) electrons. The molecule has 0 aromatic heterocycles. The van der Waals surface area contributed by atoms with Gasteiger partial charge in [0.2, 0.25) is 0 Å². The summed E-state index contributed by atoms with van der Waals surface area (Å²) in [7, 11) is 0. The van der Waals surface area contributed by atoms with Gasteiger partial charge in [-0.05, 0) is 25.0 Å². The van der Waals surface area contributed by atoms with Crippen molar-refractivity contribution in [1.82, 2.24) is 4.90 Å². The first-order valence-corrected chi connectivity index (χ1v) is 6.51. The lowest BCUT2D eigenvalue weighted by Crippen LogP contribution is -2.38. The standard InChI is InChI=1S/C12H14Cl2N2O2/c13-9-2-1-3-10(11(9)14)15-12(18)16(6-7-17)8-4-5-8/h1-3,8,17H,4-7H2,(H,15,18). The first-order valence-electron chi connectivity index (χ1n) is 5.76. The second kappa shape index (κ2) is 5.78. The molecule has 1 saturated carbocycles. The Balaban J connectivity index is 2.07. The molecule has 0 atom stereocenters. The molecule has 18 heavy (non-hydrogen) atoms. The molecule has 1 aromatic rings. The number of halogens is 2. The molecule has 0 unspecified atom stereocenters. The zero-order valence-electron chi connectivity index (χ0n) is 9.70. The minimum atomic E-state index is -0.254. The van der Waals surface area contributed by atoms with E-state index in [2.05, 4.69) is 5.32 Å². The second-order valence-electron chi connectivity index (χ2n) is 4.18. The van der Waals surface area contributed by atoms with Gasteiger partial charge in [0, 0.05) is 12.6 Å². The topological polar surface area (TPSA) is 52.6 Å². The predicted molar refractivity (Wildman–Crippen MR) is 72.3 cm³/mol. The van der Waals surface area contributed by atoms with Crippen LogP contribution in [-0.2, 0) is 0 Å².